The van der Waals surface area contributed by atoms with E-state index in [2.05, 4.69) is 49.2 Å². The lowest BCUT2D eigenvalue weighted by atomic mass is 9.92. The fourth-order valence-corrected chi connectivity index (χ4v) is 7.71. The van der Waals surface area contributed by atoms with Gasteiger partial charge in [-0.1, -0.05) is 57.2 Å². The molecular formula is C33H45N5O3S. The number of rotatable bonds is 7. The first kappa shape index (κ1) is 30.3. The van der Waals surface area contributed by atoms with Gasteiger partial charge in [0.1, 0.15) is 5.37 Å². The topological polar surface area (TPSA) is 76.2 Å². The smallest absolute Gasteiger partial charge is 0.322 e. The van der Waals surface area contributed by atoms with Crippen LogP contribution >= 0.6 is 11.8 Å². The van der Waals surface area contributed by atoms with Crippen LogP contribution < -0.4 is 10.2 Å². The zero-order valence-corrected chi connectivity index (χ0v) is 26.5. The van der Waals surface area contributed by atoms with E-state index >= 15 is 0 Å². The Bertz CT molecular complexity index is 1300. The van der Waals surface area contributed by atoms with Gasteiger partial charge in [-0.15, -0.1) is 11.8 Å². The highest BCUT2D eigenvalue weighted by molar-refractivity contribution is 8.01. The zero-order chi connectivity index (χ0) is 30.0. The monoisotopic (exact) mass is 591 g/mol. The Labute approximate surface area is 254 Å². The number of anilines is 2. The standard InChI is InChI=1S/C33H45N5O3S/c1-33(2,3)17-21-38-30(40)28(42-31(38)25-11-7-9-13-27(25)35(4)5)22-29(39)36-18-15-24(16-19-36)37-20-14-23-10-6-8-12-26(23)34-32(37)41/h6-13,24,28,31H,14-22H2,1-5H3,(H,34,41). The van der Waals surface area contributed by atoms with Crippen molar-refractivity contribution in [3.63, 3.8) is 0 Å². The highest BCUT2D eigenvalue weighted by Gasteiger charge is 2.43. The molecule has 0 radical (unpaired) electrons. The number of nitrogens with one attached hydrogen (secondary N) is 1. The molecule has 1 N–H and O–H groups in total. The molecular weight excluding hydrogens is 546 g/mol. The van der Waals surface area contributed by atoms with Crippen molar-refractivity contribution < 1.29 is 14.4 Å². The maximum absolute atomic E-state index is 13.8. The molecule has 2 fully saturated rings. The predicted molar refractivity (Wildman–Crippen MR) is 171 cm³/mol. The van der Waals surface area contributed by atoms with E-state index in [4.69, 9.17) is 0 Å². The summed E-state index contributed by atoms with van der Waals surface area (Å²) in [7, 11) is 4.05. The summed E-state index contributed by atoms with van der Waals surface area (Å²) < 4.78 is 0. The fourth-order valence-electron chi connectivity index (χ4n) is 6.20. The summed E-state index contributed by atoms with van der Waals surface area (Å²) in [4.78, 5) is 48.3. The zero-order valence-electron chi connectivity index (χ0n) is 25.6. The van der Waals surface area contributed by atoms with Gasteiger partial charge in [-0.25, -0.2) is 4.79 Å². The number of piperidine rings is 1. The van der Waals surface area contributed by atoms with Crippen LogP contribution in [0.1, 0.15) is 63.0 Å². The van der Waals surface area contributed by atoms with Crippen LogP contribution in [0.4, 0.5) is 16.2 Å². The molecule has 4 amide bonds. The van der Waals surface area contributed by atoms with Crippen LogP contribution in [0.5, 0.6) is 0 Å². The van der Waals surface area contributed by atoms with Crippen molar-refractivity contribution in [1.82, 2.24) is 14.7 Å². The van der Waals surface area contributed by atoms with Crippen molar-refractivity contribution in [2.45, 2.75) is 69.5 Å². The molecule has 0 spiro atoms. The number of hydrogen-bond donors (Lipinski definition) is 1. The summed E-state index contributed by atoms with van der Waals surface area (Å²) in [5.74, 6) is 0.0937. The molecule has 2 saturated heterocycles. The second-order valence-electron chi connectivity index (χ2n) is 13.1. The second kappa shape index (κ2) is 12.6. The van der Waals surface area contributed by atoms with E-state index in [0.717, 1.165) is 48.2 Å². The first-order valence-corrected chi connectivity index (χ1v) is 16.1. The van der Waals surface area contributed by atoms with Gasteiger partial charge in [0.15, 0.2) is 0 Å². The van der Waals surface area contributed by atoms with Gasteiger partial charge in [-0.3, -0.25) is 9.59 Å². The molecule has 3 heterocycles. The molecule has 2 unspecified atom stereocenters. The van der Waals surface area contributed by atoms with Gasteiger partial charge < -0.3 is 24.9 Å². The van der Waals surface area contributed by atoms with Gasteiger partial charge in [0.05, 0.1) is 5.25 Å². The van der Waals surface area contributed by atoms with Crippen LogP contribution in [0.25, 0.3) is 0 Å². The average Bonchev–Trinajstić information content (AvgIpc) is 3.15. The molecule has 5 rings (SSSR count). The average molecular weight is 592 g/mol. The predicted octanol–water partition coefficient (Wildman–Crippen LogP) is 5.60. The number of carbonyl (C=O) groups is 3. The number of nitrogens with zero attached hydrogens (tertiary/aromatic N) is 4. The van der Waals surface area contributed by atoms with Crippen LogP contribution in [-0.4, -0.2) is 84.1 Å². The fraction of sp³-hybridized carbons (Fsp3) is 0.545. The van der Waals surface area contributed by atoms with Crippen LogP contribution in [0, 0.1) is 5.41 Å². The van der Waals surface area contributed by atoms with Crippen molar-refractivity contribution in [3.05, 3.63) is 59.7 Å². The summed E-state index contributed by atoms with van der Waals surface area (Å²) >= 11 is 1.62. The van der Waals surface area contributed by atoms with Gasteiger partial charge in [0, 0.05) is 69.7 Å². The second-order valence-corrected chi connectivity index (χ2v) is 14.4. The number of para-hydroxylation sites is 2. The van der Waals surface area contributed by atoms with E-state index in [9.17, 15) is 14.4 Å². The Kier molecular flexibility index (Phi) is 9.06. The van der Waals surface area contributed by atoms with E-state index < -0.39 is 5.25 Å². The minimum absolute atomic E-state index is 0.0318. The molecule has 9 heteroatoms. The summed E-state index contributed by atoms with van der Waals surface area (Å²) in [5, 5.41) is 2.55. The van der Waals surface area contributed by atoms with Crippen molar-refractivity contribution in [2.24, 2.45) is 5.41 Å². The number of benzene rings is 2. The van der Waals surface area contributed by atoms with Gasteiger partial charge in [0.25, 0.3) is 0 Å². The maximum atomic E-state index is 13.8. The lowest BCUT2D eigenvalue weighted by molar-refractivity contribution is -0.137. The van der Waals surface area contributed by atoms with Gasteiger partial charge in [0.2, 0.25) is 11.8 Å². The summed E-state index contributed by atoms with van der Waals surface area (Å²) in [5.41, 5.74) is 4.35. The highest BCUT2D eigenvalue weighted by atomic mass is 32.2. The molecule has 2 aromatic carbocycles. The Morgan fingerprint density at radius 3 is 2.40 bits per heavy atom. The van der Waals surface area contributed by atoms with Crippen molar-refractivity contribution in [2.75, 3.05) is 50.5 Å². The van der Waals surface area contributed by atoms with E-state index in [1.165, 1.54) is 0 Å². The Hall–Kier alpha value is -3.20. The minimum atomic E-state index is -0.398. The number of thioether (sulfide) groups is 1. The number of fused-ring (bicyclic) bond motifs is 1. The van der Waals surface area contributed by atoms with Gasteiger partial charge >= 0.3 is 6.03 Å². The number of amides is 4. The quantitative estimate of drug-likeness (QED) is 0.454. The van der Waals surface area contributed by atoms with Crippen LogP contribution in [0.3, 0.4) is 0 Å². The number of urea groups is 1. The van der Waals surface area contributed by atoms with E-state index in [-0.39, 0.29) is 41.1 Å². The molecule has 0 aliphatic carbocycles. The lowest BCUT2D eigenvalue weighted by Crippen LogP contribution is -2.50. The lowest BCUT2D eigenvalue weighted by Gasteiger charge is -2.38. The molecule has 2 atom stereocenters. The molecule has 8 nitrogen and oxygen atoms in total. The third-order valence-corrected chi connectivity index (χ3v) is 10.1. The molecule has 42 heavy (non-hydrogen) atoms. The number of likely N-dealkylation sites (tertiary alicyclic amines) is 1. The van der Waals surface area contributed by atoms with Crippen molar-refractivity contribution in [3.8, 4) is 0 Å². The molecule has 0 saturated carbocycles. The molecule has 0 aromatic heterocycles. The molecule has 3 aliphatic heterocycles. The normalized spacial score (nSPS) is 21.7. The number of hydrogen-bond acceptors (Lipinski definition) is 5. The first-order chi connectivity index (χ1) is 20.0. The van der Waals surface area contributed by atoms with Crippen molar-refractivity contribution in [1.29, 1.82) is 0 Å². The van der Waals surface area contributed by atoms with Crippen LogP contribution in [-0.2, 0) is 16.0 Å². The first-order valence-electron chi connectivity index (χ1n) is 15.2. The summed E-state index contributed by atoms with van der Waals surface area (Å²) in [6, 6.07) is 16.3. The molecule has 226 valence electrons. The molecule has 2 aromatic rings. The molecule has 0 bridgehead atoms. The van der Waals surface area contributed by atoms with Gasteiger partial charge in [-0.2, -0.15) is 0 Å². The third-order valence-electron chi connectivity index (χ3n) is 8.68. The maximum Gasteiger partial charge on any atom is 0.322 e. The SMILES string of the molecule is CN(C)c1ccccc1C1SC(CC(=O)N2CCC(N3CCc4ccccc4NC3=O)CC2)C(=O)N1CCC(C)(C)C. The molecule has 3 aliphatic rings. The van der Waals surface area contributed by atoms with E-state index in [1.807, 2.05) is 59.1 Å². The third kappa shape index (κ3) is 6.72. The van der Waals surface area contributed by atoms with Crippen molar-refractivity contribution >= 4 is 41.0 Å². The van der Waals surface area contributed by atoms with Crippen LogP contribution in [0.2, 0.25) is 0 Å². The van der Waals surface area contributed by atoms with Crippen LogP contribution in [0.15, 0.2) is 48.5 Å². The van der Waals surface area contributed by atoms with E-state index in [1.54, 1.807) is 11.8 Å². The minimum Gasteiger partial charge on any atom is -0.377 e. The highest BCUT2D eigenvalue weighted by Crippen LogP contribution is 2.47. The largest absolute Gasteiger partial charge is 0.377 e. The van der Waals surface area contributed by atoms with Gasteiger partial charge in [-0.05, 0) is 48.8 Å². The Balaban J connectivity index is 1.22. The number of carbonyl (C=O) groups excluding carboxylic acids is 3. The Morgan fingerprint density at radius 1 is 1.00 bits per heavy atom. The summed E-state index contributed by atoms with van der Waals surface area (Å²) in [6.45, 7) is 9.14. The Morgan fingerprint density at radius 2 is 1.69 bits per heavy atom. The van der Waals surface area contributed by atoms with E-state index in [0.29, 0.717) is 26.2 Å². The summed E-state index contributed by atoms with van der Waals surface area (Å²) in [6.07, 6.45) is 3.41.